The topological polar surface area (TPSA) is 42.7 Å². The summed E-state index contributed by atoms with van der Waals surface area (Å²) in [6, 6.07) is 8.65. The van der Waals surface area contributed by atoms with Crippen molar-refractivity contribution in [2.75, 3.05) is 6.54 Å². The van der Waals surface area contributed by atoms with Crippen LogP contribution in [0, 0.1) is 0 Å². The van der Waals surface area contributed by atoms with E-state index in [0.717, 1.165) is 25.3 Å². The number of hydrogen-bond acceptors (Lipinski definition) is 3. The van der Waals surface area contributed by atoms with Crippen LogP contribution in [0.3, 0.4) is 0 Å². The predicted molar refractivity (Wildman–Crippen MR) is 65.6 cm³/mol. The van der Waals surface area contributed by atoms with Gasteiger partial charge in [-0.25, -0.2) is 4.98 Å². The third-order valence-electron chi connectivity index (χ3n) is 3.44. The van der Waals surface area contributed by atoms with Gasteiger partial charge in [0, 0.05) is 32.5 Å². The van der Waals surface area contributed by atoms with E-state index >= 15 is 0 Å². The van der Waals surface area contributed by atoms with E-state index in [-0.39, 0.29) is 0 Å². The highest BCUT2D eigenvalue weighted by Crippen LogP contribution is 2.26. The zero-order valence-corrected chi connectivity index (χ0v) is 9.93. The Morgan fingerprint density at radius 1 is 1.41 bits per heavy atom. The van der Waals surface area contributed by atoms with E-state index in [1.54, 1.807) is 6.33 Å². The SMILES string of the molecule is Cn1ncnc1CC1CNCc2ccccc21. The first kappa shape index (κ1) is 10.5. The molecule has 1 aliphatic heterocycles. The minimum absolute atomic E-state index is 0.503. The third-order valence-corrected chi connectivity index (χ3v) is 3.44. The number of aromatic nitrogens is 3. The monoisotopic (exact) mass is 228 g/mol. The Labute approximate surface area is 101 Å². The molecule has 0 amide bonds. The molecule has 2 aromatic rings. The molecule has 0 aliphatic carbocycles. The number of hydrogen-bond donors (Lipinski definition) is 1. The van der Waals surface area contributed by atoms with E-state index in [1.807, 2.05) is 11.7 Å². The zero-order chi connectivity index (χ0) is 11.7. The Kier molecular flexibility index (Phi) is 2.65. The van der Waals surface area contributed by atoms with E-state index in [0.29, 0.717) is 5.92 Å². The lowest BCUT2D eigenvalue weighted by Crippen LogP contribution is -2.29. The van der Waals surface area contributed by atoms with Crippen LogP contribution in [0.1, 0.15) is 22.9 Å². The van der Waals surface area contributed by atoms with Gasteiger partial charge in [-0.05, 0) is 11.1 Å². The molecule has 0 saturated heterocycles. The fraction of sp³-hybridized carbons (Fsp3) is 0.385. The summed E-state index contributed by atoms with van der Waals surface area (Å²) in [5.74, 6) is 1.55. The van der Waals surface area contributed by atoms with E-state index < -0.39 is 0 Å². The van der Waals surface area contributed by atoms with Crippen LogP contribution in [0.5, 0.6) is 0 Å². The summed E-state index contributed by atoms with van der Waals surface area (Å²) in [6.45, 7) is 2.00. The van der Waals surface area contributed by atoms with Gasteiger partial charge in [-0.1, -0.05) is 24.3 Å². The molecule has 88 valence electrons. The number of benzene rings is 1. The summed E-state index contributed by atoms with van der Waals surface area (Å²) in [7, 11) is 1.95. The summed E-state index contributed by atoms with van der Waals surface area (Å²) in [5.41, 5.74) is 2.86. The Morgan fingerprint density at radius 2 is 2.29 bits per heavy atom. The molecular weight excluding hydrogens is 212 g/mol. The number of aryl methyl sites for hydroxylation is 1. The molecule has 1 aromatic carbocycles. The molecule has 0 radical (unpaired) electrons. The molecule has 1 aromatic heterocycles. The molecule has 0 spiro atoms. The van der Waals surface area contributed by atoms with Crippen LogP contribution in [0.4, 0.5) is 0 Å². The highest BCUT2D eigenvalue weighted by atomic mass is 15.3. The van der Waals surface area contributed by atoms with Crippen LogP contribution in [-0.2, 0) is 20.0 Å². The Bertz CT molecular complexity index is 518. The number of fused-ring (bicyclic) bond motifs is 1. The third kappa shape index (κ3) is 1.96. The van der Waals surface area contributed by atoms with Gasteiger partial charge in [0.05, 0.1) is 0 Å². The van der Waals surface area contributed by atoms with Gasteiger partial charge < -0.3 is 5.32 Å². The van der Waals surface area contributed by atoms with Gasteiger partial charge >= 0.3 is 0 Å². The molecule has 0 bridgehead atoms. The molecule has 1 unspecified atom stereocenters. The van der Waals surface area contributed by atoms with Crippen molar-refractivity contribution in [3.63, 3.8) is 0 Å². The summed E-state index contributed by atoms with van der Waals surface area (Å²) in [6.07, 6.45) is 2.57. The van der Waals surface area contributed by atoms with Crippen LogP contribution >= 0.6 is 0 Å². The van der Waals surface area contributed by atoms with E-state index in [1.165, 1.54) is 11.1 Å². The second-order valence-electron chi connectivity index (χ2n) is 4.53. The molecule has 2 heterocycles. The lowest BCUT2D eigenvalue weighted by Gasteiger charge is -2.25. The normalized spacial score (nSPS) is 19.0. The van der Waals surface area contributed by atoms with Crippen LogP contribution in [0.25, 0.3) is 0 Å². The minimum atomic E-state index is 0.503. The molecule has 17 heavy (non-hydrogen) atoms. The predicted octanol–water partition coefficient (Wildman–Crippen LogP) is 1.24. The standard InChI is InChI=1S/C13H16N4/c1-17-13(15-9-16-17)6-11-8-14-7-10-4-2-3-5-12(10)11/h2-5,9,11,14H,6-8H2,1H3. The molecule has 1 N–H and O–H groups in total. The second kappa shape index (κ2) is 4.30. The van der Waals surface area contributed by atoms with Gasteiger partial charge in [-0.3, -0.25) is 4.68 Å². The van der Waals surface area contributed by atoms with Crippen LogP contribution in [0.15, 0.2) is 30.6 Å². The van der Waals surface area contributed by atoms with E-state index in [4.69, 9.17) is 0 Å². The first-order valence-electron chi connectivity index (χ1n) is 5.96. The summed E-state index contributed by atoms with van der Waals surface area (Å²) in [4.78, 5) is 4.31. The van der Waals surface area contributed by atoms with Crippen molar-refractivity contribution in [1.82, 2.24) is 20.1 Å². The van der Waals surface area contributed by atoms with Crippen LogP contribution in [0.2, 0.25) is 0 Å². The summed E-state index contributed by atoms with van der Waals surface area (Å²) in [5, 5.41) is 7.59. The van der Waals surface area contributed by atoms with Crippen molar-refractivity contribution in [3.8, 4) is 0 Å². The van der Waals surface area contributed by atoms with Crippen molar-refractivity contribution < 1.29 is 0 Å². The summed E-state index contributed by atoms with van der Waals surface area (Å²) < 4.78 is 1.86. The first-order valence-corrected chi connectivity index (χ1v) is 5.96. The number of nitrogens with zero attached hydrogens (tertiary/aromatic N) is 3. The zero-order valence-electron chi connectivity index (χ0n) is 9.93. The Balaban J connectivity index is 1.88. The van der Waals surface area contributed by atoms with Crippen molar-refractivity contribution in [2.24, 2.45) is 7.05 Å². The molecule has 4 nitrogen and oxygen atoms in total. The number of rotatable bonds is 2. The lowest BCUT2D eigenvalue weighted by molar-refractivity contribution is 0.519. The molecule has 1 aliphatic rings. The van der Waals surface area contributed by atoms with Crippen molar-refractivity contribution in [3.05, 3.63) is 47.5 Å². The largest absolute Gasteiger partial charge is 0.312 e. The first-order chi connectivity index (χ1) is 8.34. The average molecular weight is 228 g/mol. The van der Waals surface area contributed by atoms with Gasteiger partial charge in [0.1, 0.15) is 12.2 Å². The van der Waals surface area contributed by atoms with Crippen LogP contribution in [-0.4, -0.2) is 21.3 Å². The molecule has 0 saturated carbocycles. The average Bonchev–Trinajstić information content (AvgIpc) is 2.76. The van der Waals surface area contributed by atoms with Crippen molar-refractivity contribution >= 4 is 0 Å². The molecule has 0 fully saturated rings. The maximum absolute atomic E-state index is 4.31. The smallest absolute Gasteiger partial charge is 0.138 e. The fourth-order valence-electron chi connectivity index (χ4n) is 2.49. The quantitative estimate of drug-likeness (QED) is 0.841. The van der Waals surface area contributed by atoms with Gasteiger partial charge in [0.2, 0.25) is 0 Å². The maximum Gasteiger partial charge on any atom is 0.138 e. The van der Waals surface area contributed by atoms with Crippen LogP contribution < -0.4 is 5.32 Å². The van der Waals surface area contributed by atoms with Crippen molar-refractivity contribution in [1.29, 1.82) is 0 Å². The Hall–Kier alpha value is -1.68. The van der Waals surface area contributed by atoms with Crippen molar-refractivity contribution in [2.45, 2.75) is 18.9 Å². The summed E-state index contributed by atoms with van der Waals surface area (Å²) >= 11 is 0. The molecule has 4 heteroatoms. The van der Waals surface area contributed by atoms with E-state index in [2.05, 4.69) is 39.7 Å². The second-order valence-corrected chi connectivity index (χ2v) is 4.53. The highest BCUT2D eigenvalue weighted by Gasteiger charge is 2.21. The molecular formula is C13H16N4. The molecule has 1 atom stereocenters. The Morgan fingerprint density at radius 3 is 3.12 bits per heavy atom. The highest BCUT2D eigenvalue weighted by molar-refractivity contribution is 5.33. The van der Waals surface area contributed by atoms with Gasteiger partial charge in [0.25, 0.3) is 0 Å². The lowest BCUT2D eigenvalue weighted by atomic mass is 9.88. The molecule has 3 rings (SSSR count). The fourth-order valence-corrected chi connectivity index (χ4v) is 2.49. The maximum atomic E-state index is 4.31. The minimum Gasteiger partial charge on any atom is -0.312 e. The van der Waals surface area contributed by atoms with Gasteiger partial charge in [0.15, 0.2) is 0 Å². The number of nitrogens with one attached hydrogen (secondary N) is 1. The van der Waals surface area contributed by atoms with Gasteiger partial charge in [-0.2, -0.15) is 5.10 Å². The van der Waals surface area contributed by atoms with E-state index in [9.17, 15) is 0 Å². The van der Waals surface area contributed by atoms with Gasteiger partial charge in [-0.15, -0.1) is 0 Å².